The van der Waals surface area contributed by atoms with Gasteiger partial charge in [-0.3, -0.25) is 0 Å². The topological polar surface area (TPSA) is 82.3 Å². The van der Waals surface area contributed by atoms with Gasteiger partial charge in [-0.2, -0.15) is 0 Å². The van der Waals surface area contributed by atoms with Gasteiger partial charge in [-0.1, -0.05) is 0 Å². The number of hydrogen-bond donors (Lipinski definition) is 2. The Kier molecular flexibility index (Phi) is 3.89. The van der Waals surface area contributed by atoms with E-state index in [2.05, 4.69) is 20.1 Å². The molecule has 0 spiro atoms. The lowest BCUT2D eigenvalue weighted by atomic mass is 10.3. The zero-order valence-electron chi connectivity index (χ0n) is 9.89. The smallest absolute Gasteiger partial charge is 0.439 e. The predicted octanol–water partition coefficient (Wildman–Crippen LogP) is 2.45. The highest BCUT2D eigenvalue weighted by atomic mass is 19.4. The average Bonchev–Trinajstić information content (AvgIpc) is 2.40. The number of ether oxygens (including phenoxy) is 2. The molecule has 2 rings (SSSR count). The van der Waals surface area contributed by atoms with Crippen molar-refractivity contribution in [3.05, 3.63) is 36.7 Å². The molecule has 0 amide bonds. The number of nitrogens with one attached hydrogen (secondary N) is 1. The Morgan fingerprint density at radius 3 is 2.30 bits per heavy atom. The van der Waals surface area contributed by atoms with Crippen LogP contribution in [-0.2, 0) is 0 Å². The molecule has 0 aliphatic carbocycles. The predicted molar refractivity (Wildman–Crippen MR) is 63.0 cm³/mol. The van der Waals surface area contributed by atoms with Crippen LogP contribution in [0.3, 0.4) is 0 Å². The number of nitrogens with two attached hydrogens (primary N) is 1. The minimum atomic E-state index is -4.73. The van der Waals surface area contributed by atoms with Crippen molar-refractivity contribution in [1.82, 2.24) is 9.97 Å². The lowest BCUT2D eigenvalue weighted by Gasteiger charge is -2.09. The Labute approximate surface area is 111 Å². The molecule has 0 atom stereocenters. The van der Waals surface area contributed by atoms with E-state index < -0.39 is 6.36 Å². The Balaban J connectivity index is 2.06. The molecule has 2 aromatic rings. The highest BCUT2D eigenvalue weighted by Crippen LogP contribution is 2.26. The fourth-order valence-electron chi connectivity index (χ4n) is 1.30. The van der Waals surface area contributed by atoms with E-state index in [0.717, 1.165) is 12.1 Å². The third-order valence-electron chi connectivity index (χ3n) is 2.07. The van der Waals surface area contributed by atoms with Crippen molar-refractivity contribution < 1.29 is 22.6 Å². The fourth-order valence-corrected chi connectivity index (χ4v) is 1.30. The van der Waals surface area contributed by atoms with E-state index in [4.69, 9.17) is 10.6 Å². The number of benzene rings is 1. The molecule has 0 aliphatic rings. The summed E-state index contributed by atoms with van der Waals surface area (Å²) in [4.78, 5) is 7.61. The molecule has 0 fully saturated rings. The second-order valence-corrected chi connectivity index (χ2v) is 3.51. The van der Waals surface area contributed by atoms with Gasteiger partial charge in [0.2, 0.25) is 5.88 Å². The van der Waals surface area contributed by atoms with E-state index in [0.29, 0.717) is 11.6 Å². The highest BCUT2D eigenvalue weighted by molar-refractivity contribution is 5.38. The summed E-state index contributed by atoms with van der Waals surface area (Å²) in [5.41, 5.74) is 2.31. The van der Waals surface area contributed by atoms with Gasteiger partial charge >= 0.3 is 6.36 Å². The molecule has 0 aliphatic heterocycles. The molecular formula is C11H9F3N4O2. The van der Waals surface area contributed by atoms with Crippen LogP contribution in [-0.4, -0.2) is 16.3 Å². The summed E-state index contributed by atoms with van der Waals surface area (Å²) >= 11 is 0. The molecule has 6 nitrogen and oxygen atoms in total. The number of anilines is 1. The molecule has 0 radical (unpaired) electrons. The van der Waals surface area contributed by atoms with Crippen molar-refractivity contribution in [3.8, 4) is 17.4 Å². The Hall–Kier alpha value is -2.55. The van der Waals surface area contributed by atoms with Gasteiger partial charge in [0.15, 0.2) is 0 Å². The molecule has 3 N–H and O–H groups in total. The van der Waals surface area contributed by atoms with Crippen LogP contribution < -0.4 is 20.7 Å². The van der Waals surface area contributed by atoms with Gasteiger partial charge in [0.1, 0.15) is 23.6 Å². The van der Waals surface area contributed by atoms with Gasteiger partial charge in [0.25, 0.3) is 0 Å². The van der Waals surface area contributed by atoms with Crippen LogP contribution in [0.1, 0.15) is 0 Å². The van der Waals surface area contributed by atoms with Crippen molar-refractivity contribution in [2.75, 3.05) is 5.43 Å². The molecule has 1 aromatic heterocycles. The zero-order chi connectivity index (χ0) is 14.6. The minimum Gasteiger partial charge on any atom is -0.439 e. The molecule has 20 heavy (non-hydrogen) atoms. The van der Waals surface area contributed by atoms with Crippen molar-refractivity contribution in [1.29, 1.82) is 0 Å². The summed E-state index contributed by atoms with van der Waals surface area (Å²) in [5, 5.41) is 0. The molecule has 0 saturated carbocycles. The number of hydrazine groups is 1. The molecule has 0 bridgehead atoms. The van der Waals surface area contributed by atoms with E-state index in [1.807, 2.05) is 0 Å². The largest absolute Gasteiger partial charge is 0.573 e. The molecule has 0 saturated heterocycles. The Morgan fingerprint density at radius 1 is 1.05 bits per heavy atom. The molecular weight excluding hydrogens is 277 g/mol. The summed E-state index contributed by atoms with van der Waals surface area (Å²) in [6, 6.07) is 6.33. The van der Waals surface area contributed by atoms with E-state index in [9.17, 15) is 13.2 Å². The molecule has 0 unspecified atom stereocenters. The van der Waals surface area contributed by atoms with Crippen molar-refractivity contribution in [3.63, 3.8) is 0 Å². The Morgan fingerprint density at radius 2 is 1.70 bits per heavy atom. The van der Waals surface area contributed by atoms with Crippen molar-refractivity contribution in [2.24, 2.45) is 5.84 Å². The van der Waals surface area contributed by atoms with Crippen LogP contribution in [0.5, 0.6) is 17.4 Å². The maximum Gasteiger partial charge on any atom is 0.573 e. The normalized spacial score (nSPS) is 11.0. The van der Waals surface area contributed by atoms with Gasteiger partial charge in [0, 0.05) is 6.07 Å². The lowest BCUT2D eigenvalue weighted by Crippen LogP contribution is -2.16. The highest BCUT2D eigenvalue weighted by Gasteiger charge is 2.30. The number of alkyl halides is 3. The van der Waals surface area contributed by atoms with Crippen molar-refractivity contribution in [2.45, 2.75) is 6.36 Å². The molecule has 1 heterocycles. The first kappa shape index (κ1) is 13.9. The van der Waals surface area contributed by atoms with Crippen molar-refractivity contribution >= 4 is 5.82 Å². The van der Waals surface area contributed by atoms with Crippen LogP contribution >= 0.6 is 0 Å². The van der Waals surface area contributed by atoms with Crippen LogP contribution in [0.4, 0.5) is 19.0 Å². The summed E-state index contributed by atoms with van der Waals surface area (Å²) < 4.78 is 45.0. The second-order valence-electron chi connectivity index (χ2n) is 3.51. The summed E-state index contributed by atoms with van der Waals surface area (Å²) in [6.07, 6.45) is -3.50. The SMILES string of the molecule is NNc1cc(Oc2ccc(OC(F)(F)F)cc2)ncn1. The molecule has 9 heteroatoms. The van der Waals surface area contributed by atoms with Gasteiger partial charge < -0.3 is 14.9 Å². The van der Waals surface area contributed by atoms with Gasteiger partial charge in [-0.05, 0) is 24.3 Å². The van der Waals surface area contributed by atoms with Crippen LogP contribution in [0.15, 0.2) is 36.7 Å². The Bertz CT molecular complexity index is 575. The second kappa shape index (κ2) is 5.61. The number of hydrogen-bond acceptors (Lipinski definition) is 6. The standard InChI is InChI=1S/C11H9F3N4O2/c12-11(13,14)20-8-3-1-7(2-4-8)19-10-5-9(18-15)16-6-17-10/h1-6H,15H2,(H,16,17,18). The summed E-state index contributed by atoms with van der Waals surface area (Å²) in [6.45, 7) is 0. The van der Waals surface area contributed by atoms with E-state index in [1.54, 1.807) is 0 Å². The summed E-state index contributed by atoms with van der Waals surface area (Å²) in [5.74, 6) is 5.66. The van der Waals surface area contributed by atoms with Gasteiger partial charge in [0.05, 0.1) is 0 Å². The number of halogens is 3. The maximum atomic E-state index is 12.0. The lowest BCUT2D eigenvalue weighted by molar-refractivity contribution is -0.274. The molecule has 1 aromatic carbocycles. The van der Waals surface area contributed by atoms with E-state index in [-0.39, 0.29) is 11.6 Å². The number of rotatable bonds is 4. The quantitative estimate of drug-likeness (QED) is 0.663. The van der Waals surface area contributed by atoms with E-state index in [1.165, 1.54) is 24.5 Å². The first-order valence-electron chi connectivity index (χ1n) is 5.28. The van der Waals surface area contributed by atoms with Crippen LogP contribution in [0.25, 0.3) is 0 Å². The van der Waals surface area contributed by atoms with Gasteiger partial charge in [-0.25, -0.2) is 15.8 Å². The number of aromatic nitrogens is 2. The third-order valence-corrected chi connectivity index (χ3v) is 2.07. The zero-order valence-corrected chi connectivity index (χ0v) is 9.89. The van der Waals surface area contributed by atoms with Gasteiger partial charge in [-0.15, -0.1) is 13.2 Å². The molecule has 106 valence electrons. The minimum absolute atomic E-state index is 0.192. The maximum absolute atomic E-state index is 12.0. The third kappa shape index (κ3) is 3.99. The fraction of sp³-hybridized carbons (Fsp3) is 0.0909. The summed E-state index contributed by atoms with van der Waals surface area (Å²) in [7, 11) is 0. The monoisotopic (exact) mass is 286 g/mol. The first-order valence-corrected chi connectivity index (χ1v) is 5.28. The number of nitrogen functional groups attached to an aromatic ring is 1. The first-order chi connectivity index (χ1) is 9.46. The van der Waals surface area contributed by atoms with Crippen LogP contribution in [0, 0.1) is 0 Å². The number of nitrogens with zero attached hydrogens (tertiary/aromatic N) is 2. The van der Waals surface area contributed by atoms with E-state index >= 15 is 0 Å². The average molecular weight is 286 g/mol. The van der Waals surface area contributed by atoms with Crippen LogP contribution in [0.2, 0.25) is 0 Å².